The number of amides is 3. The topological polar surface area (TPSA) is 66.8 Å². The normalized spacial score (nSPS) is 15.8. The summed E-state index contributed by atoms with van der Waals surface area (Å²) >= 11 is 1.53. The van der Waals surface area contributed by atoms with Gasteiger partial charge in [0.15, 0.2) is 0 Å². The van der Waals surface area contributed by atoms with Gasteiger partial charge in [-0.25, -0.2) is 9.18 Å². The summed E-state index contributed by atoms with van der Waals surface area (Å²) in [4.78, 5) is 31.1. The number of nitrogens with one attached hydrogen (secondary N) is 1. The van der Waals surface area contributed by atoms with Crippen LogP contribution in [-0.2, 0) is 6.54 Å². The van der Waals surface area contributed by atoms with E-state index in [4.69, 9.17) is 4.74 Å². The number of thiophene rings is 1. The summed E-state index contributed by atoms with van der Waals surface area (Å²) in [7, 11) is 1.56. The van der Waals surface area contributed by atoms with Gasteiger partial charge in [-0.15, -0.1) is 11.3 Å². The van der Waals surface area contributed by atoms with Crippen molar-refractivity contribution in [3.8, 4) is 5.75 Å². The number of urea groups is 1. The average molecular weight is 507 g/mol. The van der Waals surface area contributed by atoms with E-state index < -0.39 is 0 Å². The molecule has 1 aliphatic heterocycles. The Morgan fingerprint density at radius 2 is 1.89 bits per heavy atom. The number of piperazine rings is 1. The number of methoxy groups -OCH3 is 1. The van der Waals surface area contributed by atoms with Gasteiger partial charge in [0.05, 0.1) is 19.3 Å². The molecule has 2 aromatic carbocycles. The number of hydrogen-bond donors (Lipinski definition) is 1. The number of para-hydroxylation sites is 2. The zero-order chi connectivity index (χ0) is 25.2. The average Bonchev–Trinajstić information content (AvgIpc) is 3.47. The molecule has 0 aliphatic carbocycles. The summed E-state index contributed by atoms with van der Waals surface area (Å²) < 4.78 is 21.6. The number of anilines is 1. The Bertz CT molecular complexity index is 1420. The van der Waals surface area contributed by atoms with E-state index in [0.717, 1.165) is 10.2 Å². The van der Waals surface area contributed by atoms with Gasteiger partial charge in [-0.1, -0.05) is 30.3 Å². The molecule has 0 bridgehead atoms. The molecule has 5 rings (SSSR count). The molecule has 4 aromatic rings. The molecule has 1 N–H and O–H groups in total. The summed E-state index contributed by atoms with van der Waals surface area (Å²) in [6, 6.07) is 17.3. The molecule has 9 heteroatoms. The van der Waals surface area contributed by atoms with Crippen LogP contribution in [-0.4, -0.2) is 59.1 Å². The van der Waals surface area contributed by atoms with Crippen LogP contribution in [0.3, 0.4) is 0 Å². The first-order valence-corrected chi connectivity index (χ1v) is 12.6. The monoisotopic (exact) mass is 506 g/mol. The third kappa shape index (κ3) is 4.54. The molecule has 1 saturated heterocycles. The van der Waals surface area contributed by atoms with E-state index in [9.17, 15) is 14.0 Å². The molecule has 1 atom stereocenters. The van der Waals surface area contributed by atoms with Crippen LogP contribution in [0.1, 0.15) is 23.0 Å². The van der Waals surface area contributed by atoms with Crippen molar-refractivity contribution in [3.05, 3.63) is 83.1 Å². The quantitative estimate of drug-likeness (QED) is 0.401. The van der Waals surface area contributed by atoms with E-state index >= 15 is 0 Å². The second-order valence-electron chi connectivity index (χ2n) is 8.81. The van der Waals surface area contributed by atoms with Gasteiger partial charge in [-0.3, -0.25) is 4.79 Å². The molecule has 36 heavy (non-hydrogen) atoms. The second-order valence-corrected chi connectivity index (χ2v) is 9.71. The standard InChI is InChI=1S/C27H27FN4O3S/c1-18-16-30(12-13-31(18)27(34)29-22-9-5-6-10-24(22)35-2)25(33)23-15-19-11-14-36-26(19)32(23)17-20-7-3-4-8-21(20)28/h3-11,14-15,18H,12-13,16-17H2,1-2H3,(H,29,34)/t18-/m0/s1. The van der Waals surface area contributed by atoms with Crippen LogP contribution in [0.15, 0.2) is 66.0 Å². The highest BCUT2D eigenvalue weighted by atomic mass is 32.1. The fourth-order valence-electron chi connectivity index (χ4n) is 4.65. The molecule has 1 fully saturated rings. The molecular weight excluding hydrogens is 479 g/mol. The van der Waals surface area contributed by atoms with Gasteiger partial charge in [0.2, 0.25) is 0 Å². The molecule has 3 amide bonds. The Balaban J connectivity index is 1.32. The number of rotatable bonds is 5. The molecule has 0 radical (unpaired) electrons. The lowest BCUT2D eigenvalue weighted by atomic mass is 10.1. The lowest BCUT2D eigenvalue weighted by molar-refractivity contribution is 0.0583. The van der Waals surface area contributed by atoms with E-state index in [-0.39, 0.29) is 30.3 Å². The van der Waals surface area contributed by atoms with Crippen molar-refractivity contribution in [1.29, 1.82) is 0 Å². The lowest BCUT2D eigenvalue weighted by Gasteiger charge is -2.39. The molecule has 2 aromatic heterocycles. The molecule has 0 saturated carbocycles. The highest BCUT2D eigenvalue weighted by Gasteiger charge is 2.32. The summed E-state index contributed by atoms with van der Waals surface area (Å²) in [6.07, 6.45) is 0. The maximum Gasteiger partial charge on any atom is 0.322 e. The Kier molecular flexibility index (Phi) is 6.65. The van der Waals surface area contributed by atoms with Crippen LogP contribution in [0.2, 0.25) is 0 Å². The highest BCUT2D eigenvalue weighted by Crippen LogP contribution is 2.29. The van der Waals surface area contributed by atoms with Gasteiger partial charge < -0.3 is 24.4 Å². The van der Waals surface area contributed by atoms with Gasteiger partial charge in [-0.05, 0) is 42.6 Å². The van der Waals surface area contributed by atoms with E-state index in [2.05, 4.69) is 5.32 Å². The predicted molar refractivity (Wildman–Crippen MR) is 139 cm³/mol. The van der Waals surface area contributed by atoms with Crippen LogP contribution in [0, 0.1) is 5.82 Å². The summed E-state index contributed by atoms with van der Waals surface area (Å²) in [5.74, 6) is 0.173. The first-order valence-electron chi connectivity index (χ1n) is 11.8. The van der Waals surface area contributed by atoms with Crippen molar-refractivity contribution in [2.75, 3.05) is 32.1 Å². The van der Waals surface area contributed by atoms with Crippen LogP contribution in [0.5, 0.6) is 5.75 Å². The molecular formula is C27H27FN4O3S. The fourth-order valence-corrected chi connectivity index (χ4v) is 5.54. The van der Waals surface area contributed by atoms with E-state index in [1.54, 1.807) is 47.2 Å². The first kappa shape index (κ1) is 23.9. The Morgan fingerprint density at radius 1 is 1.11 bits per heavy atom. The minimum atomic E-state index is -0.294. The van der Waals surface area contributed by atoms with Gasteiger partial charge in [0, 0.05) is 36.6 Å². The minimum Gasteiger partial charge on any atom is -0.495 e. The number of hydrogen-bond acceptors (Lipinski definition) is 4. The number of benzene rings is 2. The van der Waals surface area contributed by atoms with Gasteiger partial charge in [0.1, 0.15) is 22.1 Å². The third-order valence-corrected chi connectivity index (χ3v) is 7.48. The number of halogens is 1. The van der Waals surface area contributed by atoms with Gasteiger partial charge in [-0.2, -0.15) is 0 Å². The largest absolute Gasteiger partial charge is 0.495 e. The maximum atomic E-state index is 14.4. The Morgan fingerprint density at radius 3 is 2.67 bits per heavy atom. The van der Waals surface area contributed by atoms with Crippen molar-refractivity contribution >= 4 is 39.2 Å². The molecule has 0 unspecified atom stereocenters. The number of aromatic nitrogens is 1. The van der Waals surface area contributed by atoms with Crippen molar-refractivity contribution < 1.29 is 18.7 Å². The SMILES string of the molecule is COc1ccccc1NC(=O)N1CCN(C(=O)c2cc3ccsc3n2Cc2ccccc2F)C[C@@H]1C. The lowest BCUT2D eigenvalue weighted by Crippen LogP contribution is -2.56. The van der Waals surface area contributed by atoms with Crippen LogP contribution >= 0.6 is 11.3 Å². The summed E-state index contributed by atoms with van der Waals surface area (Å²) in [5, 5.41) is 5.84. The van der Waals surface area contributed by atoms with Crippen molar-refractivity contribution in [2.24, 2.45) is 0 Å². The number of ether oxygens (including phenoxy) is 1. The molecule has 186 valence electrons. The molecule has 0 spiro atoms. The summed E-state index contributed by atoms with van der Waals surface area (Å²) in [5.41, 5.74) is 1.66. The summed E-state index contributed by atoms with van der Waals surface area (Å²) in [6.45, 7) is 3.40. The minimum absolute atomic E-state index is 0.119. The van der Waals surface area contributed by atoms with E-state index in [0.29, 0.717) is 42.3 Å². The van der Waals surface area contributed by atoms with Crippen LogP contribution < -0.4 is 10.1 Å². The smallest absolute Gasteiger partial charge is 0.322 e. The number of carbonyl (C=O) groups excluding carboxylic acids is 2. The third-order valence-electron chi connectivity index (χ3n) is 6.53. The number of fused-ring (bicyclic) bond motifs is 1. The van der Waals surface area contributed by atoms with Gasteiger partial charge in [0.25, 0.3) is 5.91 Å². The highest BCUT2D eigenvalue weighted by molar-refractivity contribution is 7.16. The van der Waals surface area contributed by atoms with Crippen LogP contribution in [0.25, 0.3) is 10.2 Å². The van der Waals surface area contributed by atoms with Crippen molar-refractivity contribution in [1.82, 2.24) is 14.4 Å². The number of nitrogens with zero attached hydrogens (tertiary/aromatic N) is 3. The van der Waals surface area contributed by atoms with E-state index in [1.807, 2.05) is 41.1 Å². The predicted octanol–water partition coefficient (Wildman–Crippen LogP) is 5.28. The molecule has 1 aliphatic rings. The van der Waals surface area contributed by atoms with E-state index in [1.165, 1.54) is 17.4 Å². The molecule has 7 nitrogen and oxygen atoms in total. The van der Waals surface area contributed by atoms with Crippen molar-refractivity contribution in [3.63, 3.8) is 0 Å². The first-order chi connectivity index (χ1) is 17.5. The second kappa shape index (κ2) is 10.0. The Hall–Kier alpha value is -3.85. The zero-order valence-corrected chi connectivity index (χ0v) is 20.9. The maximum absolute atomic E-state index is 14.4. The Labute approximate surface area is 212 Å². The number of carbonyl (C=O) groups is 2. The zero-order valence-electron chi connectivity index (χ0n) is 20.1. The fraction of sp³-hybridized carbons (Fsp3) is 0.259. The van der Waals surface area contributed by atoms with Crippen LogP contribution in [0.4, 0.5) is 14.9 Å². The molecule has 3 heterocycles. The van der Waals surface area contributed by atoms with Crippen molar-refractivity contribution in [2.45, 2.75) is 19.5 Å². The van der Waals surface area contributed by atoms with Gasteiger partial charge >= 0.3 is 6.03 Å².